The summed E-state index contributed by atoms with van der Waals surface area (Å²) < 4.78 is 0. The molecule has 0 spiro atoms. The molecule has 0 heterocycles. The van der Waals surface area contributed by atoms with Crippen LogP contribution in [0, 0.1) is 0 Å². The van der Waals surface area contributed by atoms with Gasteiger partial charge in [0, 0.05) is 5.88 Å². The fourth-order valence-electron chi connectivity index (χ4n) is 0.702. The number of hydrogen-bond donors (Lipinski definition) is 1. The average Bonchev–Trinajstić information content (AvgIpc) is 1.98. The Morgan fingerprint density at radius 2 is 2.10 bits per heavy atom. The molecule has 0 amide bonds. The highest BCUT2D eigenvalue weighted by Gasteiger charge is 1.91. The van der Waals surface area contributed by atoms with E-state index in [0.29, 0.717) is 0 Å². The lowest BCUT2D eigenvalue weighted by atomic mass is 10.1. The third kappa shape index (κ3) is 5.89. The second kappa shape index (κ2) is 6.87. The van der Waals surface area contributed by atoms with Gasteiger partial charge >= 0.3 is 0 Å². The maximum Gasteiger partial charge on any atom is 0.0540 e. The van der Waals surface area contributed by atoms with Crippen LogP contribution in [-0.2, 0) is 0 Å². The number of nitrogens with zero attached hydrogens (tertiary/aromatic N) is 1. The predicted octanol–water partition coefficient (Wildman–Crippen LogP) is 2.64. The van der Waals surface area contributed by atoms with E-state index < -0.39 is 0 Å². The Hall–Kier alpha value is -0.240. The summed E-state index contributed by atoms with van der Waals surface area (Å²) in [5, 5.41) is 11.3. The third-order valence-corrected chi connectivity index (χ3v) is 1.61. The number of rotatable bonds is 5. The molecular weight excluding hydrogens is 150 g/mol. The maximum atomic E-state index is 8.25. The normalized spacial score (nSPS) is 12.0. The van der Waals surface area contributed by atoms with Gasteiger partial charge in [0.2, 0.25) is 0 Å². The van der Waals surface area contributed by atoms with E-state index in [0.717, 1.165) is 37.3 Å². The number of alkyl halides is 1. The molecule has 0 rings (SSSR count). The van der Waals surface area contributed by atoms with Crippen molar-refractivity contribution < 1.29 is 5.21 Å². The average molecular weight is 164 g/mol. The lowest BCUT2D eigenvalue weighted by molar-refractivity contribution is 0.317. The first kappa shape index (κ1) is 9.76. The van der Waals surface area contributed by atoms with E-state index in [2.05, 4.69) is 5.16 Å². The molecule has 0 aromatic rings. The molecule has 3 heteroatoms. The van der Waals surface area contributed by atoms with Crippen LogP contribution in [0.3, 0.4) is 0 Å². The highest BCUT2D eigenvalue weighted by Crippen LogP contribution is 2.01. The van der Waals surface area contributed by atoms with E-state index in [1.807, 2.05) is 6.92 Å². The van der Waals surface area contributed by atoms with Gasteiger partial charge in [-0.1, -0.05) is 11.6 Å². The second-order valence-corrected chi connectivity index (χ2v) is 2.71. The standard InChI is InChI=1S/C7H14ClNO/c1-7(9-10)5-3-2-4-6-8/h10H,2-6H2,1H3/b9-7-. The molecule has 0 aromatic carbocycles. The molecule has 0 bridgehead atoms. The van der Waals surface area contributed by atoms with Crippen molar-refractivity contribution in [1.82, 2.24) is 0 Å². The molecular formula is C7H14ClNO. The summed E-state index contributed by atoms with van der Waals surface area (Å²) in [6.45, 7) is 1.82. The first-order valence-corrected chi connectivity index (χ1v) is 4.08. The van der Waals surface area contributed by atoms with Crippen molar-refractivity contribution in [3.05, 3.63) is 0 Å². The Balaban J connectivity index is 3.04. The van der Waals surface area contributed by atoms with Gasteiger partial charge in [-0.3, -0.25) is 0 Å². The first-order chi connectivity index (χ1) is 4.81. The van der Waals surface area contributed by atoms with Crippen LogP contribution in [0.2, 0.25) is 0 Å². The van der Waals surface area contributed by atoms with Gasteiger partial charge in [0.25, 0.3) is 0 Å². The Morgan fingerprint density at radius 1 is 1.40 bits per heavy atom. The number of unbranched alkanes of at least 4 members (excludes halogenated alkanes) is 2. The summed E-state index contributed by atoms with van der Waals surface area (Å²) >= 11 is 5.47. The Bertz CT molecular complexity index is 104. The van der Waals surface area contributed by atoms with Gasteiger partial charge in [0.1, 0.15) is 0 Å². The van der Waals surface area contributed by atoms with Gasteiger partial charge in [-0.25, -0.2) is 0 Å². The molecule has 10 heavy (non-hydrogen) atoms. The highest BCUT2D eigenvalue weighted by molar-refractivity contribution is 6.17. The first-order valence-electron chi connectivity index (χ1n) is 3.54. The lowest BCUT2D eigenvalue weighted by Gasteiger charge is -1.95. The SMILES string of the molecule is C/C(CCCCCCl)=N/O. The van der Waals surface area contributed by atoms with Gasteiger partial charge in [0.15, 0.2) is 0 Å². The van der Waals surface area contributed by atoms with Crippen LogP contribution in [0.1, 0.15) is 32.6 Å². The fourth-order valence-corrected chi connectivity index (χ4v) is 0.891. The zero-order valence-corrected chi connectivity index (χ0v) is 7.06. The summed E-state index contributed by atoms with van der Waals surface area (Å²) in [7, 11) is 0. The molecule has 0 fully saturated rings. The van der Waals surface area contributed by atoms with Gasteiger partial charge < -0.3 is 5.21 Å². The Kier molecular flexibility index (Phi) is 6.71. The predicted molar refractivity (Wildman–Crippen MR) is 44.1 cm³/mol. The second-order valence-electron chi connectivity index (χ2n) is 2.33. The van der Waals surface area contributed by atoms with Crippen LogP contribution in [0.15, 0.2) is 5.16 Å². The molecule has 0 aliphatic heterocycles. The quantitative estimate of drug-likeness (QED) is 0.218. The van der Waals surface area contributed by atoms with Crippen molar-refractivity contribution in [3.63, 3.8) is 0 Å². The minimum atomic E-state index is 0.731. The Labute approximate surface area is 66.9 Å². The Morgan fingerprint density at radius 3 is 2.60 bits per heavy atom. The number of oxime groups is 1. The topological polar surface area (TPSA) is 32.6 Å². The van der Waals surface area contributed by atoms with Crippen LogP contribution >= 0.6 is 11.6 Å². The smallest absolute Gasteiger partial charge is 0.0540 e. The molecule has 1 N–H and O–H groups in total. The van der Waals surface area contributed by atoms with Crippen LogP contribution < -0.4 is 0 Å². The van der Waals surface area contributed by atoms with Crippen LogP contribution in [-0.4, -0.2) is 16.8 Å². The van der Waals surface area contributed by atoms with Gasteiger partial charge in [0.05, 0.1) is 5.71 Å². The molecule has 0 saturated heterocycles. The fraction of sp³-hybridized carbons (Fsp3) is 0.857. The van der Waals surface area contributed by atoms with Crippen LogP contribution in [0.5, 0.6) is 0 Å². The largest absolute Gasteiger partial charge is 0.411 e. The molecule has 0 aliphatic carbocycles. The molecule has 0 radical (unpaired) electrons. The lowest BCUT2D eigenvalue weighted by Crippen LogP contribution is -1.90. The van der Waals surface area contributed by atoms with Crippen molar-refractivity contribution in [3.8, 4) is 0 Å². The van der Waals surface area contributed by atoms with Crippen molar-refractivity contribution in [1.29, 1.82) is 0 Å². The summed E-state index contributed by atoms with van der Waals surface area (Å²) in [5.41, 5.74) is 0.801. The van der Waals surface area contributed by atoms with Crippen molar-refractivity contribution in [2.45, 2.75) is 32.6 Å². The van der Waals surface area contributed by atoms with E-state index in [1.165, 1.54) is 0 Å². The summed E-state index contributed by atoms with van der Waals surface area (Å²) in [6.07, 6.45) is 4.13. The molecule has 0 aliphatic rings. The molecule has 0 atom stereocenters. The van der Waals surface area contributed by atoms with Crippen molar-refractivity contribution in [2.75, 3.05) is 5.88 Å². The van der Waals surface area contributed by atoms with E-state index in [-0.39, 0.29) is 0 Å². The molecule has 0 saturated carbocycles. The number of hydrogen-bond acceptors (Lipinski definition) is 2. The van der Waals surface area contributed by atoms with Crippen molar-refractivity contribution >= 4 is 17.3 Å². The zero-order valence-electron chi connectivity index (χ0n) is 6.31. The molecule has 60 valence electrons. The molecule has 0 unspecified atom stereocenters. The molecule has 2 nitrogen and oxygen atoms in total. The summed E-state index contributed by atoms with van der Waals surface area (Å²) in [6, 6.07) is 0. The van der Waals surface area contributed by atoms with Gasteiger partial charge in [-0.05, 0) is 26.2 Å². The van der Waals surface area contributed by atoms with E-state index in [9.17, 15) is 0 Å². The van der Waals surface area contributed by atoms with E-state index in [4.69, 9.17) is 16.8 Å². The monoisotopic (exact) mass is 163 g/mol. The molecule has 0 aromatic heterocycles. The minimum absolute atomic E-state index is 0.731. The van der Waals surface area contributed by atoms with E-state index >= 15 is 0 Å². The summed E-state index contributed by atoms with van der Waals surface area (Å²) in [4.78, 5) is 0. The van der Waals surface area contributed by atoms with Gasteiger partial charge in [-0.15, -0.1) is 11.6 Å². The third-order valence-electron chi connectivity index (χ3n) is 1.34. The van der Waals surface area contributed by atoms with Crippen molar-refractivity contribution in [2.24, 2.45) is 5.16 Å². The number of halogens is 1. The zero-order chi connectivity index (χ0) is 7.82. The maximum absolute atomic E-state index is 8.25. The van der Waals surface area contributed by atoms with E-state index in [1.54, 1.807) is 0 Å². The highest BCUT2D eigenvalue weighted by atomic mass is 35.5. The van der Waals surface area contributed by atoms with Crippen LogP contribution in [0.25, 0.3) is 0 Å². The van der Waals surface area contributed by atoms with Gasteiger partial charge in [-0.2, -0.15) is 0 Å². The minimum Gasteiger partial charge on any atom is -0.411 e. The van der Waals surface area contributed by atoms with Crippen LogP contribution in [0.4, 0.5) is 0 Å². The summed E-state index contributed by atoms with van der Waals surface area (Å²) in [5.74, 6) is 0.731.